The summed E-state index contributed by atoms with van der Waals surface area (Å²) in [5.74, 6) is 1.55. The molecular formula is C23H31N3O4. The lowest BCUT2D eigenvalue weighted by atomic mass is 10.1. The molecule has 0 aliphatic carbocycles. The van der Waals surface area contributed by atoms with Gasteiger partial charge < -0.3 is 19.5 Å². The summed E-state index contributed by atoms with van der Waals surface area (Å²) < 4.78 is 10.8. The summed E-state index contributed by atoms with van der Waals surface area (Å²) in [5.41, 5.74) is 1.88. The molecule has 2 unspecified atom stereocenters. The molecule has 1 amide bonds. The fourth-order valence-corrected chi connectivity index (χ4v) is 3.88. The van der Waals surface area contributed by atoms with Crippen LogP contribution in [0.2, 0.25) is 0 Å². The van der Waals surface area contributed by atoms with Crippen molar-refractivity contribution in [1.82, 2.24) is 10.1 Å². The molecule has 1 aromatic carbocycles. The molecule has 0 saturated carbocycles. The van der Waals surface area contributed by atoms with Gasteiger partial charge in [0.25, 0.3) is 0 Å². The van der Waals surface area contributed by atoms with Crippen LogP contribution in [0.1, 0.15) is 51.0 Å². The Hall–Kier alpha value is -2.83. The number of anilines is 1. The van der Waals surface area contributed by atoms with Crippen LogP contribution < -0.4 is 10.1 Å². The van der Waals surface area contributed by atoms with Crippen LogP contribution in [0.25, 0.3) is 0 Å². The Labute approximate surface area is 177 Å². The standard InChI is InChI=1S/C12H16N2O3.C11H15NO/c1-8-6-10(17-13-8)7-12(16)14-5-3-4-11(14)9(2)15;1-2-5-9-8-12-10-6-3-4-7-11(10)13-9/h6,11H,3-5,7H2,1-2H3;3-4,6-7,9,12H,2,5,8H2,1H3. The Balaban J connectivity index is 0.000000177. The Bertz CT molecular complexity index is 864. The van der Waals surface area contributed by atoms with Gasteiger partial charge in [-0.3, -0.25) is 9.59 Å². The summed E-state index contributed by atoms with van der Waals surface area (Å²) >= 11 is 0. The van der Waals surface area contributed by atoms with Gasteiger partial charge in [-0.15, -0.1) is 0 Å². The van der Waals surface area contributed by atoms with Crippen molar-refractivity contribution >= 4 is 17.4 Å². The molecule has 1 fully saturated rings. The molecule has 1 N–H and O–H groups in total. The SMILES string of the molecule is CC(=O)C1CCCN1C(=O)Cc1cc(C)no1.CCCC1CNc2ccccc2O1. The van der Waals surface area contributed by atoms with Crippen molar-refractivity contribution in [2.75, 3.05) is 18.4 Å². The van der Waals surface area contributed by atoms with Gasteiger partial charge >= 0.3 is 0 Å². The first-order valence-electron chi connectivity index (χ1n) is 10.7. The number of aryl methyl sites for hydroxylation is 1. The number of likely N-dealkylation sites (tertiary alicyclic amines) is 1. The van der Waals surface area contributed by atoms with Crippen molar-refractivity contribution in [3.8, 4) is 5.75 Å². The van der Waals surface area contributed by atoms with E-state index in [4.69, 9.17) is 9.26 Å². The van der Waals surface area contributed by atoms with Crippen molar-refractivity contribution in [3.63, 3.8) is 0 Å². The maximum atomic E-state index is 12.0. The molecule has 0 spiro atoms. The third-order valence-corrected chi connectivity index (χ3v) is 5.36. The lowest BCUT2D eigenvalue weighted by Gasteiger charge is -2.26. The molecule has 0 bridgehead atoms. The Morgan fingerprint density at radius 1 is 1.30 bits per heavy atom. The van der Waals surface area contributed by atoms with Crippen LogP contribution in [0.3, 0.4) is 0 Å². The fraction of sp³-hybridized carbons (Fsp3) is 0.522. The first-order valence-corrected chi connectivity index (χ1v) is 10.7. The van der Waals surface area contributed by atoms with Crippen LogP contribution in [0.5, 0.6) is 5.75 Å². The summed E-state index contributed by atoms with van der Waals surface area (Å²) in [5, 5.41) is 7.11. The molecule has 2 aromatic rings. The van der Waals surface area contributed by atoms with Gasteiger partial charge in [-0.2, -0.15) is 0 Å². The van der Waals surface area contributed by atoms with E-state index in [0.717, 1.165) is 42.9 Å². The monoisotopic (exact) mass is 413 g/mol. The van der Waals surface area contributed by atoms with Gasteiger partial charge in [0.2, 0.25) is 5.91 Å². The fourth-order valence-electron chi connectivity index (χ4n) is 3.88. The van der Waals surface area contributed by atoms with Gasteiger partial charge in [0.15, 0.2) is 5.78 Å². The third kappa shape index (κ3) is 5.62. The van der Waals surface area contributed by atoms with Crippen molar-refractivity contribution in [2.45, 2.75) is 65.0 Å². The average molecular weight is 414 g/mol. The van der Waals surface area contributed by atoms with Crippen LogP contribution in [0, 0.1) is 6.92 Å². The summed E-state index contributed by atoms with van der Waals surface area (Å²) in [4.78, 5) is 25.1. The molecular weight excluding hydrogens is 382 g/mol. The normalized spacial score (nSPS) is 19.8. The zero-order valence-corrected chi connectivity index (χ0v) is 18.0. The minimum atomic E-state index is -0.244. The molecule has 1 saturated heterocycles. The average Bonchev–Trinajstić information content (AvgIpc) is 3.38. The first kappa shape index (κ1) is 21.9. The van der Waals surface area contributed by atoms with Gasteiger partial charge in [0.05, 0.1) is 30.4 Å². The number of nitrogens with one attached hydrogen (secondary N) is 1. The largest absolute Gasteiger partial charge is 0.486 e. The molecule has 4 rings (SSSR count). The molecule has 30 heavy (non-hydrogen) atoms. The van der Waals surface area contributed by atoms with Gasteiger partial charge in [0.1, 0.15) is 17.6 Å². The highest BCUT2D eigenvalue weighted by Crippen LogP contribution is 2.29. The molecule has 1 aromatic heterocycles. The highest BCUT2D eigenvalue weighted by molar-refractivity contribution is 5.88. The zero-order valence-electron chi connectivity index (χ0n) is 18.0. The van der Waals surface area contributed by atoms with E-state index < -0.39 is 0 Å². The van der Waals surface area contributed by atoms with Gasteiger partial charge in [-0.1, -0.05) is 30.6 Å². The third-order valence-electron chi connectivity index (χ3n) is 5.36. The number of benzene rings is 1. The van der Waals surface area contributed by atoms with E-state index >= 15 is 0 Å². The van der Waals surface area contributed by atoms with E-state index in [1.54, 1.807) is 11.0 Å². The Kier molecular flexibility index (Phi) is 7.49. The predicted molar refractivity (Wildman–Crippen MR) is 115 cm³/mol. The number of carbonyl (C=O) groups excluding carboxylic acids is 2. The lowest BCUT2D eigenvalue weighted by molar-refractivity contribution is -0.136. The second-order valence-corrected chi connectivity index (χ2v) is 7.87. The van der Waals surface area contributed by atoms with Gasteiger partial charge in [-0.05, 0) is 45.2 Å². The minimum Gasteiger partial charge on any atom is -0.486 e. The molecule has 7 heteroatoms. The first-order chi connectivity index (χ1) is 14.5. The summed E-state index contributed by atoms with van der Waals surface area (Å²) in [6.45, 7) is 7.13. The summed E-state index contributed by atoms with van der Waals surface area (Å²) in [6, 6.07) is 9.61. The van der Waals surface area contributed by atoms with E-state index in [2.05, 4.69) is 23.5 Å². The van der Waals surface area contributed by atoms with Crippen LogP contribution in [0.4, 0.5) is 5.69 Å². The van der Waals surface area contributed by atoms with Crippen molar-refractivity contribution in [3.05, 3.63) is 41.8 Å². The Morgan fingerprint density at radius 2 is 2.10 bits per heavy atom. The smallest absolute Gasteiger partial charge is 0.230 e. The number of ketones is 1. The van der Waals surface area contributed by atoms with E-state index in [9.17, 15) is 9.59 Å². The van der Waals surface area contributed by atoms with E-state index in [0.29, 0.717) is 18.4 Å². The van der Waals surface area contributed by atoms with Crippen molar-refractivity contribution in [1.29, 1.82) is 0 Å². The summed E-state index contributed by atoms with van der Waals surface area (Å²) in [7, 11) is 0. The number of hydrogen-bond donors (Lipinski definition) is 1. The van der Waals surface area contributed by atoms with Crippen molar-refractivity contribution < 1.29 is 18.8 Å². The second-order valence-electron chi connectivity index (χ2n) is 7.87. The van der Waals surface area contributed by atoms with Crippen molar-refractivity contribution in [2.24, 2.45) is 0 Å². The summed E-state index contributed by atoms with van der Waals surface area (Å²) in [6.07, 6.45) is 4.50. The van der Waals surface area contributed by atoms with Crippen LogP contribution in [0.15, 0.2) is 34.9 Å². The quantitative estimate of drug-likeness (QED) is 0.803. The molecule has 162 valence electrons. The maximum absolute atomic E-state index is 12.0. The van der Waals surface area contributed by atoms with E-state index in [1.807, 2.05) is 25.1 Å². The van der Waals surface area contributed by atoms with Crippen LogP contribution >= 0.6 is 0 Å². The second kappa shape index (κ2) is 10.3. The lowest BCUT2D eigenvalue weighted by Crippen LogP contribution is -2.40. The number of hydrogen-bond acceptors (Lipinski definition) is 6. The topological polar surface area (TPSA) is 84.7 Å². The highest BCUT2D eigenvalue weighted by atomic mass is 16.5. The number of rotatable bonds is 5. The van der Waals surface area contributed by atoms with Gasteiger partial charge in [0, 0.05) is 12.6 Å². The highest BCUT2D eigenvalue weighted by Gasteiger charge is 2.32. The maximum Gasteiger partial charge on any atom is 0.230 e. The number of para-hydroxylation sites is 2. The molecule has 0 radical (unpaired) electrons. The van der Waals surface area contributed by atoms with E-state index in [1.165, 1.54) is 13.3 Å². The van der Waals surface area contributed by atoms with Crippen LogP contribution in [-0.4, -0.2) is 47.0 Å². The molecule has 2 aliphatic rings. The molecule has 7 nitrogen and oxygen atoms in total. The molecule has 2 aliphatic heterocycles. The minimum absolute atomic E-state index is 0.0566. The number of carbonyl (C=O) groups is 2. The number of nitrogens with zero attached hydrogens (tertiary/aromatic N) is 2. The Morgan fingerprint density at radius 3 is 2.80 bits per heavy atom. The zero-order chi connectivity index (χ0) is 21.5. The number of amides is 1. The number of Topliss-reactive ketones (excluding diaryl/α,β-unsaturated/α-hetero) is 1. The predicted octanol–water partition coefficient (Wildman–Crippen LogP) is 3.77. The number of fused-ring (bicyclic) bond motifs is 1. The van der Waals surface area contributed by atoms with E-state index in [-0.39, 0.29) is 24.2 Å². The number of ether oxygens (including phenoxy) is 1. The van der Waals surface area contributed by atoms with Crippen LogP contribution in [-0.2, 0) is 16.0 Å². The molecule has 2 atom stereocenters. The molecule has 3 heterocycles. The van der Waals surface area contributed by atoms with Gasteiger partial charge in [-0.25, -0.2) is 0 Å². The number of aromatic nitrogens is 1.